The zero-order valence-corrected chi connectivity index (χ0v) is 13.4. The van der Waals surface area contributed by atoms with Gasteiger partial charge in [0.05, 0.1) is 0 Å². The number of thioether (sulfide) groups is 1. The number of hydrogen-bond acceptors (Lipinski definition) is 6. The first-order chi connectivity index (χ1) is 10.4. The van der Waals surface area contributed by atoms with Crippen molar-refractivity contribution in [2.45, 2.75) is 18.1 Å². The average molecular weight is 307 g/mol. The fourth-order valence-corrected chi connectivity index (χ4v) is 4.20. The molecule has 5 nitrogen and oxygen atoms in total. The van der Waals surface area contributed by atoms with Gasteiger partial charge < -0.3 is 10.2 Å². The van der Waals surface area contributed by atoms with Crippen molar-refractivity contribution in [2.24, 2.45) is 0 Å². The second kappa shape index (κ2) is 7.96. The molecule has 2 aliphatic heterocycles. The van der Waals surface area contributed by atoms with E-state index in [1.54, 1.807) is 0 Å². The Balaban J connectivity index is 1.34. The number of nitrogens with one attached hydrogen (secondary N) is 1. The third kappa shape index (κ3) is 4.56. The Morgan fingerprint density at radius 2 is 1.81 bits per heavy atom. The van der Waals surface area contributed by atoms with Crippen molar-refractivity contribution in [1.29, 1.82) is 0 Å². The van der Waals surface area contributed by atoms with Crippen LogP contribution in [0.2, 0.25) is 0 Å². The van der Waals surface area contributed by atoms with E-state index in [9.17, 15) is 0 Å². The Kier molecular flexibility index (Phi) is 5.71. The van der Waals surface area contributed by atoms with Gasteiger partial charge in [-0.05, 0) is 32.0 Å². The molecule has 116 valence electrons. The monoisotopic (exact) mass is 307 g/mol. The second-order valence-electron chi connectivity index (χ2n) is 5.70. The molecular formula is C15H25N5S. The fraction of sp³-hybridized carbons (Fsp3) is 0.733. The van der Waals surface area contributed by atoms with E-state index < -0.39 is 0 Å². The van der Waals surface area contributed by atoms with Gasteiger partial charge in [0.2, 0.25) is 5.95 Å². The summed E-state index contributed by atoms with van der Waals surface area (Å²) in [5.74, 6) is 2.15. The molecule has 2 fully saturated rings. The van der Waals surface area contributed by atoms with Crippen LogP contribution in [0.4, 0.5) is 5.95 Å². The summed E-state index contributed by atoms with van der Waals surface area (Å²) in [6.45, 7) is 7.97. The normalized spacial score (nSPS) is 21.6. The maximum Gasteiger partial charge on any atom is 0.225 e. The van der Waals surface area contributed by atoms with Gasteiger partial charge in [0, 0.05) is 56.1 Å². The van der Waals surface area contributed by atoms with Crippen LogP contribution >= 0.6 is 11.8 Å². The number of piperidine rings is 1. The van der Waals surface area contributed by atoms with Crippen LogP contribution in [-0.4, -0.2) is 71.7 Å². The van der Waals surface area contributed by atoms with Gasteiger partial charge in [-0.1, -0.05) is 0 Å². The highest BCUT2D eigenvalue weighted by Crippen LogP contribution is 2.20. The molecule has 21 heavy (non-hydrogen) atoms. The van der Waals surface area contributed by atoms with E-state index in [0.29, 0.717) is 0 Å². The standard InChI is InChI=1S/C15H25N5S/c1-4-17-15(18-5-1)20-10-8-19(9-11-20)12-13-21-14-2-6-16-7-3-14/h1,4-5,14,16H,2-3,6-13H2. The van der Waals surface area contributed by atoms with Crippen molar-refractivity contribution in [3.05, 3.63) is 18.5 Å². The van der Waals surface area contributed by atoms with Crippen molar-refractivity contribution in [1.82, 2.24) is 20.2 Å². The van der Waals surface area contributed by atoms with Gasteiger partial charge in [-0.2, -0.15) is 11.8 Å². The minimum Gasteiger partial charge on any atom is -0.338 e. The molecule has 0 amide bonds. The summed E-state index contributed by atoms with van der Waals surface area (Å²) in [6, 6.07) is 1.87. The van der Waals surface area contributed by atoms with Crippen molar-refractivity contribution in [2.75, 3.05) is 56.5 Å². The zero-order valence-electron chi connectivity index (χ0n) is 12.6. The maximum atomic E-state index is 4.34. The van der Waals surface area contributed by atoms with Gasteiger partial charge in [-0.3, -0.25) is 4.90 Å². The van der Waals surface area contributed by atoms with E-state index in [0.717, 1.165) is 37.4 Å². The molecule has 2 aliphatic rings. The predicted molar refractivity (Wildman–Crippen MR) is 89.0 cm³/mol. The van der Waals surface area contributed by atoms with E-state index in [1.807, 2.05) is 18.5 Å². The largest absolute Gasteiger partial charge is 0.338 e. The van der Waals surface area contributed by atoms with E-state index in [4.69, 9.17) is 0 Å². The quantitative estimate of drug-likeness (QED) is 0.878. The molecule has 0 spiro atoms. The third-order valence-corrected chi connectivity index (χ3v) is 5.62. The van der Waals surface area contributed by atoms with Gasteiger partial charge in [0.1, 0.15) is 0 Å². The van der Waals surface area contributed by atoms with Crippen LogP contribution in [0.15, 0.2) is 18.5 Å². The number of rotatable bonds is 5. The molecule has 3 rings (SSSR count). The van der Waals surface area contributed by atoms with Crippen LogP contribution in [0.5, 0.6) is 0 Å². The summed E-state index contributed by atoms with van der Waals surface area (Å²) >= 11 is 2.17. The van der Waals surface area contributed by atoms with Gasteiger partial charge in [0.15, 0.2) is 0 Å². The van der Waals surface area contributed by atoms with Crippen molar-refractivity contribution >= 4 is 17.7 Å². The fourth-order valence-electron chi connectivity index (χ4n) is 2.94. The molecule has 0 unspecified atom stereocenters. The van der Waals surface area contributed by atoms with Crippen molar-refractivity contribution < 1.29 is 0 Å². The summed E-state index contributed by atoms with van der Waals surface area (Å²) in [7, 11) is 0. The van der Waals surface area contributed by atoms with Crippen LogP contribution in [0.1, 0.15) is 12.8 Å². The molecule has 2 saturated heterocycles. The van der Waals surface area contributed by atoms with Gasteiger partial charge in [-0.25, -0.2) is 9.97 Å². The van der Waals surface area contributed by atoms with Gasteiger partial charge in [-0.15, -0.1) is 0 Å². The highest BCUT2D eigenvalue weighted by Gasteiger charge is 2.19. The lowest BCUT2D eigenvalue weighted by Crippen LogP contribution is -2.47. The first kappa shape index (κ1) is 15.1. The molecule has 6 heteroatoms. The Morgan fingerprint density at radius 3 is 2.52 bits per heavy atom. The third-order valence-electron chi connectivity index (χ3n) is 4.25. The Hall–Kier alpha value is -0.850. The van der Waals surface area contributed by atoms with Crippen molar-refractivity contribution in [3.8, 4) is 0 Å². The van der Waals surface area contributed by atoms with Crippen LogP contribution in [0, 0.1) is 0 Å². The van der Waals surface area contributed by atoms with Gasteiger partial charge in [0.25, 0.3) is 0 Å². The smallest absolute Gasteiger partial charge is 0.225 e. The topological polar surface area (TPSA) is 44.3 Å². The lowest BCUT2D eigenvalue weighted by molar-refractivity contribution is 0.272. The predicted octanol–water partition coefficient (Wildman–Crippen LogP) is 1.08. The highest BCUT2D eigenvalue weighted by molar-refractivity contribution is 7.99. The Labute approximate surface area is 131 Å². The molecule has 0 radical (unpaired) electrons. The summed E-state index contributed by atoms with van der Waals surface area (Å²) in [5.41, 5.74) is 0. The molecule has 0 bridgehead atoms. The minimum absolute atomic E-state index is 0.876. The van der Waals surface area contributed by atoms with E-state index >= 15 is 0 Å². The molecule has 1 aromatic heterocycles. The molecule has 0 saturated carbocycles. The maximum absolute atomic E-state index is 4.34. The SMILES string of the molecule is c1cnc(N2CCN(CCSC3CCNCC3)CC2)nc1. The lowest BCUT2D eigenvalue weighted by atomic mass is 10.2. The Bertz CT molecular complexity index is 402. The Morgan fingerprint density at radius 1 is 1.10 bits per heavy atom. The number of aromatic nitrogens is 2. The number of anilines is 1. The first-order valence-electron chi connectivity index (χ1n) is 7.98. The van der Waals surface area contributed by atoms with Crippen LogP contribution < -0.4 is 10.2 Å². The second-order valence-corrected chi connectivity index (χ2v) is 7.11. The average Bonchev–Trinajstić information content (AvgIpc) is 2.57. The van der Waals surface area contributed by atoms with E-state index in [2.05, 4.69) is 36.8 Å². The molecule has 1 aromatic rings. The lowest BCUT2D eigenvalue weighted by Gasteiger charge is -2.34. The van der Waals surface area contributed by atoms with E-state index in [1.165, 1.54) is 38.2 Å². The highest BCUT2D eigenvalue weighted by atomic mass is 32.2. The minimum atomic E-state index is 0.876. The van der Waals surface area contributed by atoms with Crippen LogP contribution in [0.25, 0.3) is 0 Å². The summed E-state index contributed by atoms with van der Waals surface area (Å²) in [4.78, 5) is 13.5. The molecule has 0 aromatic carbocycles. The molecular weight excluding hydrogens is 282 g/mol. The van der Waals surface area contributed by atoms with Crippen LogP contribution in [-0.2, 0) is 0 Å². The van der Waals surface area contributed by atoms with Crippen molar-refractivity contribution in [3.63, 3.8) is 0 Å². The van der Waals surface area contributed by atoms with Gasteiger partial charge >= 0.3 is 0 Å². The summed E-state index contributed by atoms with van der Waals surface area (Å²) in [6.07, 6.45) is 6.32. The zero-order chi connectivity index (χ0) is 14.3. The number of piperazine rings is 1. The van der Waals surface area contributed by atoms with E-state index in [-0.39, 0.29) is 0 Å². The summed E-state index contributed by atoms with van der Waals surface area (Å²) in [5, 5.41) is 4.31. The van der Waals surface area contributed by atoms with Crippen LogP contribution in [0.3, 0.4) is 0 Å². The molecule has 0 aliphatic carbocycles. The molecule has 1 N–H and O–H groups in total. The number of hydrogen-bond donors (Lipinski definition) is 1. The molecule has 0 atom stereocenters. The molecule has 3 heterocycles. The number of nitrogens with zero attached hydrogens (tertiary/aromatic N) is 4. The first-order valence-corrected chi connectivity index (χ1v) is 9.03. The summed E-state index contributed by atoms with van der Waals surface area (Å²) < 4.78 is 0.